The molecule has 0 aliphatic heterocycles. The van der Waals surface area contributed by atoms with Gasteiger partial charge in [0.15, 0.2) is 0 Å². The van der Waals surface area contributed by atoms with Crippen molar-refractivity contribution in [1.82, 2.24) is 0 Å². The third-order valence-corrected chi connectivity index (χ3v) is 4.18. The van der Waals surface area contributed by atoms with E-state index in [1.807, 2.05) is 0 Å². The Morgan fingerprint density at radius 3 is 1.05 bits per heavy atom. The third-order valence-electron chi connectivity index (χ3n) is 4.18. The molecule has 0 heterocycles. The number of hydrogen-bond donors (Lipinski definition) is 0. The standard InChI is InChI=1S/C19H42N.ClH.Na.H/c1-5-6-7-8-9-10-11-12-13-14-15-16-17-18-19-20(2,3)4;;;/h5-19H2,1-4H3;1H;;/q+1;;;/p-1. The second-order valence-corrected chi connectivity index (χ2v) is 7.61. The van der Waals surface area contributed by atoms with Crippen LogP contribution >= 0.6 is 0 Å². The third kappa shape index (κ3) is 26.2. The van der Waals surface area contributed by atoms with Crippen molar-refractivity contribution in [1.29, 1.82) is 0 Å². The second-order valence-electron chi connectivity index (χ2n) is 7.61. The number of quaternary nitrogens is 1. The molecule has 0 rings (SSSR count). The van der Waals surface area contributed by atoms with Crippen LogP contribution in [0.5, 0.6) is 0 Å². The van der Waals surface area contributed by atoms with Crippen LogP contribution in [0.4, 0.5) is 0 Å². The summed E-state index contributed by atoms with van der Waals surface area (Å²) in [5, 5.41) is 0. The molecule has 0 amide bonds. The fourth-order valence-electron chi connectivity index (χ4n) is 2.78. The minimum atomic E-state index is 0. The molecule has 22 heavy (non-hydrogen) atoms. The van der Waals surface area contributed by atoms with E-state index in [9.17, 15) is 0 Å². The Bertz CT molecular complexity index is 192. The molecule has 0 saturated carbocycles. The Morgan fingerprint density at radius 2 is 0.773 bits per heavy atom. The molecule has 0 aromatic rings. The Kier molecular flexibility index (Phi) is 25.9. The molecule has 0 N–H and O–H groups in total. The zero-order valence-electron chi connectivity index (χ0n) is 15.4. The van der Waals surface area contributed by atoms with Crippen molar-refractivity contribution in [3.63, 3.8) is 0 Å². The summed E-state index contributed by atoms with van der Waals surface area (Å²) in [6.07, 6.45) is 20.4. The first-order chi connectivity index (χ1) is 9.56. The van der Waals surface area contributed by atoms with Crippen LogP contribution in [0.3, 0.4) is 0 Å². The monoisotopic (exact) mass is 343 g/mol. The van der Waals surface area contributed by atoms with E-state index in [1.165, 1.54) is 96.4 Å². The van der Waals surface area contributed by atoms with E-state index < -0.39 is 0 Å². The van der Waals surface area contributed by atoms with Gasteiger partial charge >= 0.3 is 29.6 Å². The summed E-state index contributed by atoms with van der Waals surface area (Å²) in [6, 6.07) is 0. The zero-order valence-corrected chi connectivity index (χ0v) is 16.2. The first kappa shape index (κ1) is 28.1. The molecular weight excluding hydrogens is 301 g/mol. The van der Waals surface area contributed by atoms with Gasteiger partial charge in [0.1, 0.15) is 0 Å². The van der Waals surface area contributed by atoms with Gasteiger partial charge in [-0.3, -0.25) is 0 Å². The van der Waals surface area contributed by atoms with Gasteiger partial charge in [0.05, 0.1) is 27.7 Å². The summed E-state index contributed by atoms with van der Waals surface area (Å²) < 4.78 is 1.12. The molecule has 0 radical (unpaired) electrons. The number of hydrogen-bond acceptors (Lipinski definition) is 0. The Hall–Kier alpha value is 1.25. The van der Waals surface area contributed by atoms with Gasteiger partial charge in [0.25, 0.3) is 0 Å². The van der Waals surface area contributed by atoms with Crippen LogP contribution < -0.4 is 12.4 Å². The zero-order chi connectivity index (χ0) is 15.1. The van der Waals surface area contributed by atoms with E-state index >= 15 is 0 Å². The van der Waals surface area contributed by atoms with Gasteiger partial charge in [0.2, 0.25) is 0 Å². The Balaban J connectivity index is -0.00000180. The molecule has 0 spiro atoms. The first-order valence-corrected chi connectivity index (χ1v) is 9.36. The van der Waals surface area contributed by atoms with Gasteiger partial charge in [-0.15, -0.1) is 0 Å². The Labute approximate surface area is 170 Å². The fourth-order valence-corrected chi connectivity index (χ4v) is 2.78. The van der Waals surface area contributed by atoms with Crippen molar-refractivity contribution in [2.75, 3.05) is 27.7 Å². The maximum atomic E-state index is 2.29. The molecule has 0 saturated heterocycles. The van der Waals surface area contributed by atoms with E-state index in [2.05, 4.69) is 28.1 Å². The molecule has 0 aromatic heterocycles. The van der Waals surface area contributed by atoms with E-state index in [0.717, 1.165) is 4.48 Å². The molecule has 0 bridgehead atoms. The van der Waals surface area contributed by atoms with Gasteiger partial charge in [-0.1, -0.05) is 84.0 Å². The molecule has 132 valence electrons. The van der Waals surface area contributed by atoms with Gasteiger partial charge in [-0.25, -0.2) is 0 Å². The van der Waals surface area contributed by atoms with Crippen LogP contribution in [0.15, 0.2) is 0 Å². The summed E-state index contributed by atoms with van der Waals surface area (Å²) >= 11 is 0. The average molecular weight is 344 g/mol. The van der Waals surface area contributed by atoms with Gasteiger partial charge in [-0.2, -0.15) is 0 Å². The van der Waals surface area contributed by atoms with Crippen molar-refractivity contribution >= 4 is 29.6 Å². The van der Waals surface area contributed by atoms with E-state index in [1.54, 1.807) is 0 Å². The number of nitrogens with zero attached hydrogens (tertiary/aromatic N) is 1. The van der Waals surface area contributed by atoms with Crippen LogP contribution in [0.25, 0.3) is 0 Å². The minimum absolute atomic E-state index is 0. The predicted molar refractivity (Wildman–Crippen MR) is 100 cm³/mol. The van der Waals surface area contributed by atoms with Gasteiger partial charge in [-0.05, 0) is 12.8 Å². The number of unbranched alkanes of at least 4 members (excludes halogenated alkanes) is 13. The quantitative estimate of drug-likeness (QED) is 0.243. The van der Waals surface area contributed by atoms with Crippen LogP contribution in [0.2, 0.25) is 0 Å². The molecule has 0 unspecified atom stereocenters. The first-order valence-electron chi connectivity index (χ1n) is 9.36. The molecule has 0 aliphatic carbocycles. The van der Waals surface area contributed by atoms with Crippen LogP contribution in [-0.4, -0.2) is 61.7 Å². The number of halogens is 1. The van der Waals surface area contributed by atoms with Crippen LogP contribution in [0.1, 0.15) is 96.8 Å². The normalized spacial score (nSPS) is 10.9. The van der Waals surface area contributed by atoms with Crippen molar-refractivity contribution in [2.45, 2.75) is 96.8 Å². The topological polar surface area (TPSA) is 0 Å². The fraction of sp³-hybridized carbons (Fsp3) is 1.00. The van der Waals surface area contributed by atoms with E-state index in [4.69, 9.17) is 0 Å². The summed E-state index contributed by atoms with van der Waals surface area (Å²) in [7, 11) is 6.88. The van der Waals surface area contributed by atoms with E-state index in [-0.39, 0.29) is 42.0 Å². The van der Waals surface area contributed by atoms with Crippen LogP contribution in [0, 0.1) is 0 Å². The number of rotatable bonds is 15. The van der Waals surface area contributed by atoms with Crippen molar-refractivity contribution in [3.8, 4) is 0 Å². The van der Waals surface area contributed by atoms with Crippen molar-refractivity contribution < 1.29 is 16.9 Å². The average Bonchev–Trinajstić information content (AvgIpc) is 2.38. The van der Waals surface area contributed by atoms with Gasteiger partial charge in [0, 0.05) is 0 Å². The molecule has 0 aliphatic rings. The van der Waals surface area contributed by atoms with E-state index in [0.29, 0.717) is 0 Å². The predicted octanol–water partition coefficient (Wildman–Crippen LogP) is 2.53. The second kappa shape index (κ2) is 20.3. The van der Waals surface area contributed by atoms with Crippen molar-refractivity contribution in [3.05, 3.63) is 0 Å². The van der Waals surface area contributed by atoms with Crippen LogP contribution in [-0.2, 0) is 0 Å². The summed E-state index contributed by atoms with van der Waals surface area (Å²) in [5.74, 6) is 0. The molecule has 1 nitrogen and oxygen atoms in total. The maximum absolute atomic E-state index is 2.29. The molecule has 0 fully saturated rings. The molecule has 3 heteroatoms. The van der Waals surface area contributed by atoms with Gasteiger partial charge < -0.3 is 16.9 Å². The summed E-state index contributed by atoms with van der Waals surface area (Å²) in [4.78, 5) is 0. The van der Waals surface area contributed by atoms with Crippen molar-refractivity contribution in [2.24, 2.45) is 0 Å². The Morgan fingerprint density at radius 1 is 0.500 bits per heavy atom. The molecule has 0 atom stereocenters. The SMILES string of the molecule is CCCCCCCCCCCCCCCC[N+](C)(C)C.[Cl-].[NaH]. The summed E-state index contributed by atoms with van der Waals surface area (Å²) in [5.41, 5.74) is 0. The molecular formula is C19H43ClNNa. The summed E-state index contributed by atoms with van der Waals surface area (Å²) in [6.45, 7) is 3.63. The molecule has 0 aromatic carbocycles.